The second kappa shape index (κ2) is 4.07. The Morgan fingerprint density at radius 2 is 2.00 bits per heavy atom. The van der Waals surface area contributed by atoms with Crippen LogP contribution in [0.15, 0.2) is 23.4 Å². The Kier molecular flexibility index (Phi) is 2.91. The van der Waals surface area contributed by atoms with Crippen LogP contribution in [0.4, 0.5) is 0 Å². The molecule has 1 heterocycles. The van der Waals surface area contributed by atoms with Crippen molar-refractivity contribution in [1.82, 2.24) is 0 Å². The lowest BCUT2D eigenvalue weighted by Gasteiger charge is -2.22. The van der Waals surface area contributed by atoms with Crippen molar-refractivity contribution in [3.05, 3.63) is 33.8 Å². The number of carbonyl (C=O) groups is 1. The highest BCUT2D eigenvalue weighted by molar-refractivity contribution is 6.34. The summed E-state index contributed by atoms with van der Waals surface area (Å²) in [6.45, 7) is 1.84. The van der Waals surface area contributed by atoms with Gasteiger partial charge in [-0.3, -0.25) is 4.79 Å². The van der Waals surface area contributed by atoms with Crippen LogP contribution < -0.4 is 0 Å². The van der Waals surface area contributed by atoms with Gasteiger partial charge < -0.3 is 4.84 Å². The lowest BCUT2D eigenvalue weighted by molar-refractivity contribution is -0.102. The summed E-state index contributed by atoms with van der Waals surface area (Å²) in [4.78, 5) is 15.9. The number of carbonyl (C=O) groups excluding carboxylic acids is 1. The van der Waals surface area contributed by atoms with Gasteiger partial charge in [-0.25, -0.2) is 0 Å². The molecule has 1 aromatic rings. The maximum atomic E-state index is 10.6. The second-order valence-corrected chi connectivity index (χ2v) is 4.73. The minimum atomic E-state index is -0.662. The highest BCUT2D eigenvalue weighted by atomic mass is 35.5. The van der Waals surface area contributed by atoms with Crippen LogP contribution in [0.1, 0.15) is 18.9 Å². The molecular weight excluding hydrogens is 249 g/mol. The molecule has 1 unspecified atom stereocenters. The summed E-state index contributed by atoms with van der Waals surface area (Å²) < 4.78 is 0. The predicted octanol–water partition coefficient (Wildman–Crippen LogP) is 3.18. The Morgan fingerprint density at radius 1 is 1.38 bits per heavy atom. The smallest absolute Gasteiger partial charge is 0.167 e. The van der Waals surface area contributed by atoms with Crippen molar-refractivity contribution in [3.8, 4) is 0 Å². The van der Waals surface area contributed by atoms with Gasteiger partial charge in [0.25, 0.3) is 0 Å². The van der Waals surface area contributed by atoms with Crippen molar-refractivity contribution in [2.24, 2.45) is 5.16 Å². The number of hydrogen-bond donors (Lipinski definition) is 0. The van der Waals surface area contributed by atoms with E-state index in [0.717, 1.165) is 5.56 Å². The van der Waals surface area contributed by atoms with Gasteiger partial charge in [-0.15, -0.1) is 0 Å². The maximum Gasteiger partial charge on any atom is 0.167 e. The van der Waals surface area contributed by atoms with E-state index in [0.29, 0.717) is 28.5 Å². The fourth-order valence-corrected chi connectivity index (χ4v) is 2.17. The van der Waals surface area contributed by atoms with E-state index < -0.39 is 5.60 Å². The monoisotopic (exact) mass is 257 g/mol. The molecule has 1 aromatic carbocycles. The van der Waals surface area contributed by atoms with Crippen molar-refractivity contribution in [2.75, 3.05) is 0 Å². The lowest BCUT2D eigenvalue weighted by Crippen LogP contribution is -2.22. The topological polar surface area (TPSA) is 38.7 Å². The van der Waals surface area contributed by atoms with Gasteiger partial charge in [0.2, 0.25) is 0 Å². The summed E-state index contributed by atoms with van der Waals surface area (Å²) in [5.41, 5.74) is 0.536. The molecule has 5 heteroatoms. The Bertz CT molecular complexity index is 453. The Balaban J connectivity index is 2.35. The molecule has 0 fully saturated rings. The molecule has 0 amide bonds. The number of halogens is 2. The van der Waals surface area contributed by atoms with Crippen LogP contribution >= 0.6 is 23.2 Å². The van der Waals surface area contributed by atoms with E-state index in [1.807, 2.05) is 6.92 Å². The first kappa shape index (κ1) is 11.4. The molecular formula is C11H9Cl2NO2. The normalized spacial score (nSPS) is 23.8. The highest BCUT2D eigenvalue weighted by Gasteiger charge is 2.36. The van der Waals surface area contributed by atoms with E-state index in [1.54, 1.807) is 18.2 Å². The van der Waals surface area contributed by atoms with Crippen molar-refractivity contribution < 1.29 is 9.63 Å². The predicted molar refractivity (Wildman–Crippen MR) is 63.0 cm³/mol. The molecule has 2 rings (SSSR count). The van der Waals surface area contributed by atoms with Gasteiger partial charge in [-0.2, -0.15) is 0 Å². The molecule has 16 heavy (non-hydrogen) atoms. The highest BCUT2D eigenvalue weighted by Crippen LogP contribution is 2.36. The number of oxime groups is 1. The fourth-order valence-electron chi connectivity index (χ4n) is 1.65. The van der Waals surface area contributed by atoms with Gasteiger partial charge in [0.1, 0.15) is 5.71 Å². The molecule has 0 spiro atoms. The van der Waals surface area contributed by atoms with Crippen molar-refractivity contribution in [3.63, 3.8) is 0 Å². The third kappa shape index (κ3) is 2.06. The fraction of sp³-hybridized carbons (Fsp3) is 0.273. The second-order valence-electron chi connectivity index (χ2n) is 3.86. The van der Waals surface area contributed by atoms with Crippen molar-refractivity contribution >= 4 is 35.2 Å². The van der Waals surface area contributed by atoms with Gasteiger partial charge in [0.05, 0.1) is 0 Å². The van der Waals surface area contributed by atoms with E-state index in [9.17, 15) is 4.79 Å². The standard InChI is InChI=1S/C11H9Cl2NO2/c1-11(5-10(6-15)14-16-11)7-2-8(12)4-9(13)3-7/h2-4,6H,5H2,1H3. The first-order valence-electron chi connectivity index (χ1n) is 4.70. The first-order chi connectivity index (χ1) is 7.53. The van der Waals surface area contributed by atoms with Gasteiger partial charge in [-0.05, 0) is 25.1 Å². The van der Waals surface area contributed by atoms with Crippen LogP contribution in [-0.2, 0) is 15.2 Å². The molecule has 1 atom stereocenters. The molecule has 0 radical (unpaired) electrons. The van der Waals surface area contributed by atoms with Gasteiger partial charge in [0, 0.05) is 22.0 Å². The SMILES string of the molecule is CC1(c2cc(Cl)cc(Cl)c2)CC(C=O)=NO1. The van der Waals surface area contributed by atoms with Crippen LogP contribution in [0.5, 0.6) is 0 Å². The summed E-state index contributed by atoms with van der Waals surface area (Å²) >= 11 is 11.8. The third-order valence-corrected chi connectivity index (χ3v) is 2.93. The summed E-state index contributed by atoms with van der Waals surface area (Å²) in [5.74, 6) is 0. The summed E-state index contributed by atoms with van der Waals surface area (Å²) in [6.07, 6.45) is 1.12. The number of hydrogen-bond acceptors (Lipinski definition) is 3. The van der Waals surface area contributed by atoms with Gasteiger partial charge in [0.15, 0.2) is 11.9 Å². The van der Waals surface area contributed by atoms with Crippen molar-refractivity contribution in [1.29, 1.82) is 0 Å². The molecule has 84 valence electrons. The zero-order valence-electron chi connectivity index (χ0n) is 8.54. The average molecular weight is 258 g/mol. The zero-order chi connectivity index (χ0) is 11.8. The number of benzene rings is 1. The molecule has 0 aromatic heterocycles. The quantitative estimate of drug-likeness (QED) is 0.764. The Hall–Kier alpha value is -1.06. The largest absolute Gasteiger partial charge is 0.384 e. The van der Waals surface area contributed by atoms with Gasteiger partial charge in [-0.1, -0.05) is 28.4 Å². The Labute approximate surface area is 103 Å². The van der Waals surface area contributed by atoms with E-state index >= 15 is 0 Å². The molecule has 0 N–H and O–H groups in total. The minimum absolute atomic E-state index is 0.388. The molecule has 0 bridgehead atoms. The molecule has 3 nitrogen and oxygen atoms in total. The van der Waals surface area contributed by atoms with E-state index in [-0.39, 0.29) is 0 Å². The van der Waals surface area contributed by atoms with Crippen LogP contribution in [0.25, 0.3) is 0 Å². The van der Waals surface area contributed by atoms with E-state index in [1.165, 1.54) is 0 Å². The summed E-state index contributed by atoms with van der Waals surface area (Å²) in [6, 6.07) is 5.17. The minimum Gasteiger partial charge on any atom is -0.384 e. The first-order valence-corrected chi connectivity index (χ1v) is 5.46. The molecule has 1 aliphatic heterocycles. The molecule has 1 aliphatic rings. The number of nitrogens with zero attached hydrogens (tertiary/aromatic N) is 1. The van der Waals surface area contributed by atoms with Crippen LogP contribution in [0.3, 0.4) is 0 Å². The Morgan fingerprint density at radius 3 is 2.50 bits per heavy atom. The molecule has 0 saturated carbocycles. The zero-order valence-corrected chi connectivity index (χ0v) is 10.0. The summed E-state index contributed by atoms with van der Waals surface area (Å²) in [5, 5.41) is 4.77. The van der Waals surface area contributed by atoms with E-state index in [2.05, 4.69) is 5.16 Å². The van der Waals surface area contributed by atoms with Crippen LogP contribution in [0, 0.1) is 0 Å². The lowest BCUT2D eigenvalue weighted by atomic mass is 9.91. The van der Waals surface area contributed by atoms with Crippen LogP contribution in [0.2, 0.25) is 10.0 Å². The number of aldehydes is 1. The van der Waals surface area contributed by atoms with E-state index in [4.69, 9.17) is 28.0 Å². The molecule has 0 aliphatic carbocycles. The third-order valence-electron chi connectivity index (χ3n) is 2.49. The van der Waals surface area contributed by atoms with Crippen molar-refractivity contribution in [2.45, 2.75) is 18.9 Å². The average Bonchev–Trinajstić information content (AvgIpc) is 2.60. The van der Waals surface area contributed by atoms with Gasteiger partial charge >= 0.3 is 0 Å². The summed E-state index contributed by atoms with van der Waals surface area (Å²) in [7, 11) is 0. The maximum absolute atomic E-state index is 10.6. The molecule has 0 saturated heterocycles. The van der Waals surface area contributed by atoms with Crippen LogP contribution in [-0.4, -0.2) is 12.0 Å². The number of rotatable bonds is 2.